The van der Waals surface area contributed by atoms with Crippen LogP contribution < -0.4 is 25.2 Å². The van der Waals surface area contributed by atoms with Gasteiger partial charge >= 0.3 is 0 Å². The molecule has 1 unspecified atom stereocenters. The fraction of sp³-hybridized carbons (Fsp3) is 0.533. The van der Waals surface area contributed by atoms with E-state index in [2.05, 4.69) is 10.0 Å². The molecule has 1 aromatic rings. The molecule has 10 heteroatoms. The number of carbonyl (C=O) groups is 1. The van der Waals surface area contributed by atoms with Gasteiger partial charge in [0, 0.05) is 19.0 Å². The molecule has 0 aromatic heterocycles. The van der Waals surface area contributed by atoms with E-state index >= 15 is 0 Å². The van der Waals surface area contributed by atoms with Crippen molar-refractivity contribution >= 4 is 28.3 Å². The summed E-state index contributed by atoms with van der Waals surface area (Å²) in [5.41, 5.74) is 5.35. The van der Waals surface area contributed by atoms with E-state index in [0.717, 1.165) is 6.42 Å². The molecule has 0 spiro atoms. The monoisotopic (exact) mass is 393 g/mol. The largest absolute Gasteiger partial charge is 0.490 e. The summed E-state index contributed by atoms with van der Waals surface area (Å²) in [4.78, 5) is 11.9. The van der Waals surface area contributed by atoms with Gasteiger partial charge in [0.15, 0.2) is 11.5 Å². The standard InChI is InChI=1S/C15H23N3O5S.ClH/c1-11(15(19)17-7-2-6-16)18-24(20,21)12-4-5-13-14(10-12)23-9-3-8-22-13;/h4-5,10-11,18H,2-3,6-9,16H2,1H3,(H,17,19);1H. The Kier molecular flexibility index (Phi) is 8.43. The average Bonchev–Trinajstić information content (AvgIpc) is 2.79. The Morgan fingerprint density at radius 3 is 2.64 bits per heavy atom. The van der Waals surface area contributed by atoms with Gasteiger partial charge in [0.2, 0.25) is 15.9 Å². The molecule has 0 radical (unpaired) electrons. The number of hydrogen-bond acceptors (Lipinski definition) is 6. The molecule has 1 aliphatic heterocycles. The lowest BCUT2D eigenvalue weighted by Crippen LogP contribution is -2.45. The van der Waals surface area contributed by atoms with Crippen molar-refractivity contribution in [2.45, 2.75) is 30.7 Å². The maximum atomic E-state index is 12.4. The first-order valence-electron chi connectivity index (χ1n) is 7.84. The molecule has 1 atom stereocenters. The summed E-state index contributed by atoms with van der Waals surface area (Å²) in [5, 5.41) is 2.63. The number of nitrogens with two attached hydrogens (primary N) is 1. The van der Waals surface area contributed by atoms with Crippen LogP contribution in [0.15, 0.2) is 23.1 Å². The second kappa shape index (κ2) is 9.81. The lowest BCUT2D eigenvalue weighted by atomic mass is 10.3. The van der Waals surface area contributed by atoms with Crippen molar-refractivity contribution in [3.63, 3.8) is 0 Å². The Hall–Kier alpha value is -1.55. The van der Waals surface area contributed by atoms with E-state index in [0.29, 0.717) is 44.2 Å². The minimum Gasteiger partial charge on any atom is -0.490 e. The number of fused-ring (bicyclic) bond motifs is 1. The van der Waals surface area contributed by atoms with Gasteiger partial charge in [-0.1, -0.05) is 0 Å². The van der Waals surface area contributed by atoms with E-state index in [-0.39, 0.29) is 17.3 Å². The number of nitrogens with one attached hydrogen (secondary N) is 2. The van der Waals surface area contributed by atoms with Crippen LogP contribution in [-0.4, -0.2) is 46.7 Å². The molecule has 1 amide bonds. The molecule has 0 aliphatic carbocycles. The summed E-state index contributed by atoms with van der Waals surface area (Å²) in [5.74, 6) is 0.496. The van der Waals surface area contributed by atoms with Crippen LogP contribution in [0.1, 0.15) is 19.8 Å². The molecule has 1 heterocycles. The zero-order valence-corrected chi connectivity index (χ0v) is 15.6. The van der Waals surface area contributed by atoms with Crippen LogP contribution in [0.3, 0.4) is 0 Å². The lowest BCUT2D eigenvalue weighted by molar-refractivity contribution is -0.122. The van der Waals surface area contributed by atoms with Crippen LogP contribution in [0, 0.1) is 0 Å². The fourth-order valence-corrected chi connectivity index (χ4v) is 3.35. The highest BCUT2D eigenvalue weighted by Gasteiger charge is 2.23. The topological polar surface area (TPSA) is 120 Å². The molecule has 2 rings (SSSR count). The maximum Gasteiger partial charge on any atom is 0.241 e. The summed E-state index contributed by atoms with van der Waals surface area (Å²) >= 11 is 0. The number of halogens is 1. The smallest absolute Gasteiger partial charge is 0.241 e. The van der Waals surface area contributed by atoms with Gasteiger partial charge in [-0.3, -0.25) is 4.79 Å². The van der Waals surface area contributed by atoms with Crippen molar-refractivity contribution in [2.24, 2.45) is 5.73 Å². The van der Waals surface area contributed by atoms with Crippen molar-refractivity contribution < 1.29 is 22.7 Å². The molecule has 142 valence electrons. The van der Waals surface area contributed by atoms with E-state index in [1.54, 1.807) is 6.07 Å². The fourth-order valence-electron chi connectivity index (χ4n) is 2.13. The minimum atomic E-state index is -3.85. The van der Waals surface area contributed by atoms with Crippen molar-refractivity contribution in [2.75, 3.05) is 26.3 Å². The lowest BCUT2D eigenvalue weighted by Gasteiger charge is -2.15. The molecule has 0 fully saturated rings. The normalized spacial score (nSPS) is 14.8. The van der Waals surface area contributed by atoms with E-state index < -0.39 is 22.0 Å². The van der Waals surface area contributed by atoms with Crippen LogP contribution in [0.5, 0.6) is 11.5 Å². The van der Waals surface area contributed by atoms with Gasteiger partial charge in [-0.25, -0.2) is 8.42 Å². The van der Waals surface area contributed by atoms with Crippen molar-refractivity contribution in [3.05, 3.63) is 18.2 Å². The van der Waals surface area contributed by atoms with Gasteiger partial charge in [-0.15, -0.1) is 12.4 Å². The number of ether oxygens (including phenoxy) is 2. The van der Waals surface area contributed by atoms with Crippen molar-refractivity contribution in [1.29, 1.82) is 0 Å². The summed E-state index contributed by atoms with van der Waals surface area (Å²) in [7, 11) is -3.85. The highest BCUT2D eigenvalue weighted by Crippen LogP contribution is 2.31. The van der Waals surface area contributed by atoms with Crippen molar-refractivity contribution in [3.8, 4) is 11.5 Å². The molecule has 8 nitrogen and oxygen atoms in total. The molecule has 0 bridgehead atoms. The quantitative estimate of drug-likeness (QED) is 0.577. The van der Waals surface area contributed by atoms with Gasteiger partial charge in [0.05, 0.1) is 24.2 Å². The number of rotatable bonds is 7. The molecule has 1 aromatic carbocycles. The predicted molar refractivity (Wildman–Crippen MR) is 95.8 cm³/mol. The van der Waals surface area contributed by atoms with Crippen LogP contribution >= 0.6 is 12.4 Å². The Morgan fingerprint density at radius 2 is 1.96 bits per heavy atom. The van der Waals surface area contributed by atoms with E-state index in [4.69, 9.17) is 15.2 Å². The zero-order valence-electron chi connectivity index (χ0n) is 14.0. The number of sulfonamides is 1. The minimum absolute atomic E-state index is 0. The highest BCUT2D eigenvalue weighted by atomic mass is 35.5. The molecule has 0 saturated carbocycles. The Bertz CT molecular complexity index is 684. The second-order valence-corrected chi connectivity index (χ2v) is 7.15. The van der Waals surface area contributed by atoms with E-state index in [9.17, 15) is 13.2 Å². The third-order valence-electron chi connectivity index (χ3n) is 3.43. The van der Waals surface area contributed by atoms with Gasteiger partial charge in [0.1, 0.15) is 0 Å². The number of amides is 1. The summed E-state index contributed by atoms with van der Waals surface area (Å²) < 4.78 is 38.2. The van der Waals surface area contributed by atoms with Gasteiger partial charge in [-0.05, 0) is 32.0 Å². The third-order valence-corrected chi connectivity index (χ3v) is 4.97. The Morgan fingerprint density at radius 1 is 1.28 bits per heavy atom. The Labute approximate surface area is 153 Å². The SMILES string of the molecule is CC(NS(=O)(=O)c1ccc2c(c1)OCCCO2)C(=O)NCCCN.Cl. The average molecular weight is 394 g/mol. The van der Waals surface area contributed by atoms with Crippen LogP contribution in [-0.2, 0) is 14.8 Å². The molecular weight excluding hydrogens is 370 g/mol. The number of hydrogen-bond donors (Lipinski definition) is 3. The molecular formula is C15H24ClN3O5S. The number of carbonyl (C=O) groups excluding carboxylic acids is 1. The Balaban J connectivity index is 0.00000312. The first-order chi connectivity index (χ1) is 11.4. The third kappa shape index (κ3) is 6.03. The van der Waals surface area contributed by atoms with Gasteiger partial charge < -0.3 is 20.5 Å². The first-order valence-corrected chi connectivity index (χ1v) is 9.32. The van der Waals surface area contributed by atoms with Gasteiger partial charge in [-0.2, -0.15) is 4.72 Å². The predicted octanol–water partition coefficient (Wildman–Crippen LogP) is 0.402. The molecule has 25 heavy (non-hydrogen) atoms. The van der Waals surface area contributed by atoms with Crippen LogP contribution in [0.2, 0.25) is 0 Å². The number of benzene rings is 1. The summed E-state index contributed by atoms with van der Waals surface area (Å²) in [6.45, 7) is 3.34. The first kappa shape index (κ1) is 21.5. The molecule has 4 N–H and O–H groups in total. The summed E-state index contributed by atoms with van der Waals surface area (Å²) in [6, 6.07) is 3.49. The van der Waals surface area contributed by atoms with Crippen LogP contribution in [0.4, 0.5) is 0 Å². The van der Waals surface area contributed by atoms with E-state index in [1.807, 2.05) is 0 Å². The maximum absolute atomic E-state index is 12.4. The zero-order chi connectivity index (χ0) is 17.6. The second-order valence-electron chi connectivity index (χ2n) is 5.44. The highest BCUT2D eigenvalue weighted by molar-refractivity contribution is 7.89. The van der Waals surface area contributed by atoms with Crippen molar-refractivity contribution in [1.82, 2.24) is 10.0 Å². The molecule has 1 aliphatic rings. The van der Waals surface area contributed by atoms with E-state index in [1.165, 1.54) is 19.1 Å². The van der Waals surface area contributed by atoms with Gasteiger partial charge in [0.25, 0.3) is 0 Å². The van der Waals surface area contributed by atoms with Crippen LogP contribution in [0.25, 0.3) is 0 Å². The summed E-state index contributed by atoms with van der Waals surface area (Å²) in [6.07, 6.45) is 1.36. The molecule has 0 saturated heterocycles.